The summed E-state index contributed by atoms with van der Waals surface area (Å²) in [6.07, 6.45) is 0. The predicted octanol–water partition coefficient (Wildman–Crippen LogP) is 3.54. The summed E-state index contributed by atoms with van der Waals surface area (Å²) >= 11 is 3.30. The van der Waals surface area contributed by atoms with E-state index in [0.717, 1.165) is 21.2 Å². The van der Waals surface area contributed by atoms with Crippen LogP contribution >= 0.6 is 15.9 Å². The highest BCUT2D eigenvalue weighted by atomic mass is 79.9. The van der Waals surface area contributed by atoms with Gasteiger partial charge >= 0.3 is 0 Å². The molecule has 0 aliphatic carbocycles. The minimum absolute atomic E-state index is 0.293. The van der Waals surface area contributed by atoms with Crippen molar-refractivity contribution < 1.29 is 8.42 Å². The maximum atomic E-state index is 12.4. The van der Waals surface area contributed by atoms with Crippen molar-refractivity contribution in [3.8, 4) is 0 Å². The van der Waals surface area contributed by atoms with E-state index in [2.05, 4.69) is 20.7 Å². The average Bonchev–Trinajstić information content (AvgIpc) is 2.40. The molecule has 0 heterocycles. The number of benzene rings is 2. The molecule has 0 saturated heterocycles. The molecule has 0 spiro atoms. The molecule has 106 valence electrons. The van der Waals surface area contributed by atoms with E-state index in [1.165, 1.54) is 0 Å². The number of hydrogen-bond donors (Lipinski definition) is 1. The summed E-state index contributed by atoms with van der Waals surface area (Å²) in [6, 6.07) is 13.0. The van der Waals surface area contributed by atoms with Gasteiger partial charge in [-0.3, -0.25) is 0 Å². The molecule has 0 saturated carbocycles. The van der Waals surface area contributed by atoms with Gasteiger partial charge in [0.2, 0.25) is 10.0 Å². The lowest BCUT2D eigenvalue weighted by molar-refractivity contribution is 0.580. The van der Waals surface area contributed by atoms with E-state index in [1.807, 2.05) is 37.3 Å². The van der Waals surface area contributed by atoms with E-state index in [-0.39, 0.29) is 0 Å². The van der Waals surface area contributed by atoms with Crippen LogP contribution in [0.15, 0.2) is 51.8 Å². The Hall–Kier alpha value is -1.17. The SMILES string of the molecule is Cc1ccccc1CNS(=O)(=O)c1cc(Br)ccc1C. The van der Waals surface area contributed by atoms with Gasteiger partial charge in [0.15, 0.2) is 0 Å². The average molecular weight is 354 g/mol. The molecule has 0 aromatic heterocycles. The molecule has 0 fully saturated rings. The molecule has 0 radical (unpaired) electrons. The maximum absolute atomic E-state index is 12.4. The summed E-state index contributed by atoms with van der Waals surface area (Å²) in [7, 11) is -3.51. The summed E-state index contributed by atoms with van der Waals surface area (Å²) in [5.41, 5.74) is 2.77. The zero-order valence-electron chi connectivity index (χ0n) is 11.4. The molecular formula is C15H16BrNO2S. The Kier molecular flexibility index (Phi) is 4.62. The predicted molar refractivity (Wildman–Crippen MR) is 84.1 cm³/mol. The minimum Gasteiger partial charge on any atom is -0.207 e. The van der Waals surface area contributed by atoms with Crippen LogP contribution in [-0.4, -0.2) is 8.42 Å². The number of hydrogen-bond acceptors (Lipinski definition) is 2. The zero-order chi connectivity index (χ0) is 14.8. The Balaban J connectivity index is 2.24. The molecular weight excluding hydrogens is 338 g/mol. The summed E-state index contributed by atoms with van der Waals surface area (Å²) < 4.78 is 28.1. The van der Waals surface area contributed by atoms with Gasteiger partial charge in [0.25, 0.3) is 0 Å². The smallest absolute Gasteiger partial charge is 0.207 e. The Labute approximate surface area is 128 Å². The van der Waals surface area contributed by atoms with Crippen LogP contribution in [0.25, 0.3) is 0 Å². The van der Waals surface area contributed by atoms with Gasteiger partial charge in [-0.25, -0.2) is 13.1 Å². The first-order valence-electron chi connectivity index (χ1n) is 6.20. The molecule has 0 amide bonds. The topological polar surface area (TPSA) is 46.2 Å². The number of aryl methyl sites for hydroxylation is 2. The van der Waals surface area contributed by atoms with Gasteiger partial charge in [-0.15, -0.1) is 0 Å². The molecule has 0 unspecified atom stereocenters. The third-order valence-corrected chi connectivity index (χ3v) is 5.19. The summed E-state index contributed by atoms with van der Waals surface area (Å²) in [5.74, 6) is 0. The van der Waals surface area contributed by atoms with E-state index in [0.29, 0.717) is 11.4 Å². The van der Waals surface area contributed by atoms with Crippen molar-refractivity contribution in [2.45, 2.75) is 25.3 Å². The van der Waals surface area contributed by atoms with Gasteiger partial charge in [0.05, 0.1) is 4.90 Å². The molecule has 0 aliphatic rings. The molecule has 0 atom stereocenters. The fourth-order valence-corrected chi connectivity index (χ4v) is 3.71. The third kappa shape index (κ3) is 3.48. The first kappa shape index (κ1) is 15.2. The molecule has 1 N–H and O–H groups in total. The van der Waals surface area contributed by atoms with E-state index in [1.54, 1.807) is 19.1 Å². The minimum atomic E-state index is -3.51. The maximum Gasteiger partial charge on any atom is 0.241 e. The van der Waals surface area contributed by atoms with Gasteiger partial charge in [-0.1, -0.05) is 46.3 Å². The Bertz CT molecular complexity index is 726. The lowest BCUT2D eigenvalue weighted by atomic mass is 10.1. The highest BCUT2D eigenvalue weighted by Gasteiger charge is 2.17. The highest BCUT2D eigenvalue weighted by molar-refractivity contribution is 9.10. The number of rotatable bonds is 4. The second kappa shape index (κ2) is 6.08. The first-order chi connectivity index (χ1) is 9.40. The van der Waals surface area contributed by atoms with Crippen LogP contribution in [-0.2, 0) is 16.6 Å². The van der Waals surface area contributed by atoms with Crippen molar-refractivity contribution in [3.05, 3.63) is 63.6 Å². The molecule has 3 nitrogen and oxygen atoms in total. The van der Waals surface area contributed by atoms with Crippen LogP contribution in [0.4, 0.5) is 0 Å². The van der Waals surface area contributed by atoms with Crippen LogP contribution in [0, 0.1) is 13.8 Å². The molecule has 2 aromatic rings. The molecule has 0 aliphatic heterocycles. The van der Waals surface area contributed by atoms with E-state index < -0.39 is 10.0 Å². The standard InChI is InChI=1S/C15H16BrNO2S/c1-11-5-3-4-6-13(11)10-17-20(18,19)15-9-14(16)8-7-12(15)2/h3-9,17H,10H2,1-2H3. The highest BCUT2D eigenvalue weighted by Crippen LogP contribution is 2.20. The van der Waals surface area contributed by atoms with Crippen molar-refractivity contribution >= 4 is 26.0 Å². The summed E-state index contributed by atoms with van der Waals surface area (Å²) in [6.45, 7) is 4.05. The van der Waals surface area contributed by atoms with Gasteiger partial charge in [-0.05, 0) is 42.7 Å². The van der Waals surface area contributed by atoms with Crippen LogP contribution < -0.4 is 4.72 Å². The Morgan fingerprint density at radius 1 is 1.05 bits per heavy atom. The van der Waals surface area contributed by atoms with Crippen LogP contribution in [0.3, 0.4) is 0 Å². The number of halogens is 1. The van der Waals surface area contributed by atoms with Gasteiger partial charge in [0.1, 0.15) is 0 Å². The molecule has 0 bridgehead atoms. The fourth-order valence-electron chi connectivity index (χ4n) is 1.92. The normalized spacial score (nSPS) is 11.6. The van der Waals surface area contributed by atoms with E-state index in [4.69, 9.17) is 0 Å². The Morgan fingerprint density at radius 2 is 1.75 bits per heavy atom. The second-order valence-electron chi connectivity index (χ2n) is 4.66. The van der Waals surface area contributed by atoms with Crippen molar-refractivity contribution in [1.29, 1.82) is 0 Å². The van der Waals surface area contributed by atoms with Gasteiger partial charge in [-0.2, -0.15) is 0 Å². The molecule has 2 aromatic carbocycles. The molecule has 5 heteroatoms. The van der Waals surface area contributed by atoms with Gasteiger partial charge in [0, 0.05) is 11.0 Å². The van der Waals surface area contributed by atoms with Gasteiger partial charge < -0.3 is 0 Å². The van der Waals surface area contributed by atoms with Crippen molar-refractivity contribution in [2.75, 3.05) is 0 Å². The third-order valence-electron chi connectivity index (χ3n) is 3.15. The quantitative estimate of drug-likeness (QED) is 0.913. The lowest BCUT2D eigenvalue weighted by Gasteiger charge is -2.11. The zero-order valence-corrected chi connectivity index (χ0v) is 13.8. The molecule has 20 heavy (non-hydrogen) atoms. The van der Waals surface area contributed by atoms with Crippen LogP contribution in [0.5, 0.6) is 0 Å². The van der Waals surface area contributed by atoms with Crippen LogP contribution in [0.1, 0.15) is 16.7 Å². The first-order valence-corrected chi connectivity index (χ1v) is 8.48. The van der Waals surface area contributed by atoms with Crippen LogP contribution in [0.2, 0.25) is 0 Å². The lowest BCUT2D eigenvalue weighted by Crippen LogP contribution is -2.24. The number of sulfonamides is 1. The van der Waals surface area contributed by atoms with E-state index >= 15 is 0 Å². The Morgan fingerprint density at radius 3 is 2.45 bits per heavy atom. The molecule has 2 rings (SSSR count). The summed E-state index contributed by atoms with van der Waals surface area (Å²) in [4.78, 5) is 0.306. The van der Waals surface area contributed by atoms with Crippen molar-refractivity contribution in [2.24, 2.45) is 0 Å². The largest absolute Gasteiger partial charge is 0.241 e. The second-order valence-corrected chi connectivity index (χ2v) is 7.31. The van der Waals surface area contributed by atoms with Crippen molar-refractivity contribution in [3.63, 3.8) is 0 Å². The van der Waals surface area contributed by atoms with E-state index in [9.17, 15) is 8.42 Å². The monoisotopic (exact) mass is 353 g/mol. The fraction of sp³-hybridized carbons (Fsp3) is 0.200. The number of nitrogens with one attached hydrogen (secondary N) is 1. The van der Waals surface area contributed by atoms with Crippen molar-refractivity contribution in [1.82, 2.24) is 4.72 Å². The summed E-state index contributed by atoms with van der Waals surface area (Å²) in [5, 5.41) is 0.